The lowest BCUT2D eigenvalue weighted by molar-refractivity contribution is 0.0749. The summed E-state index contributed by atoms with van der Waals surface area (Å²) in [6, 6.07) is 7.95. The van der Waals surface area contributed by atoms with E-state index in [1.54, 1.807) is 0 Å². The Morgan fingerprint density at radius 1 is 0.952 bits per heavy atom. The van der Waals surface area contributed by atoms with Crippen LogP contribution < -0.4 is 0 Å². The zero-order valence-corrected chi connectivity index (χ0v) is 15.0. The Balaban J connectivity index is 2.66. The zero-order valence-electron chi connectivity index (χ0n) is 13.4. The van der Waals surface area contributed by atoms with Gasteiger partial charge in [0.15, 0.2) is 0 Å². The molecule has 0 aliphatic rings. The third-order valence-corrected chi connectivity index (χ3v) is 4.35. The average Bonchev–Trinajstić information content (AvgIpc) is 2.53. The SMILES string of the molecule is CCCCCN(CCCCC)C(=O)c1ccc(CBr)cc1. The van der Waals surface area contributed by atoms with E-state index in [0.717, 1.165) is 36.8 Å². The number of rotatable bonds is 10. The summed E-state index contributed by atoms with van der Waals surface area (Å²) in [6.07, 6.45) is 6.98. The van der Waals surface area contributed by atoms with Gasteiger partial charge >= 0.3 is 0 Å². The normalized spacial score (nSPS) is 10.6. The first kappa shape index (κ1) is 18.2. The quantitative estimate of drug-likeness (QED) is 0.407. The Morgan fingerprint density at radius 3 is 1.90 bits per heavy atom. The van der Waals surface area contributed by atoms with Gasteiger partial charge in [-0.2, -0.15) is 0 Å². The second kappa shape index (κ2) is 10.8. The van der Waals surface area contributed by atoms with E-state index in [9.17, 15) is 4.79 Å². The molecule has 1 aromatic rings. The van der Waals surface area contributed by atoms with Crippen molar-refractivity contribution in [1.29, 1.82) is 0 Å². The molecule has 0 aliphatic carbocycles. The molecular formula is C18H28BrNO. The summed E-state index contributed by atoms with van der Waals surface area (Å²) in [6.45, 7) is 6.16. The third kappa shape index (κ3) is 6.64. The lowest BCUT2D eigenvalue weighted by Gasteiger charge is -2.23. The van der Waals surface area contributed by atoms with Gasteiger partial charge in [0.1, 0.15) is 0 Å². The molecule has 0 aliphatic heterocycles. The van der Waals surface area contributed by atoms with Crippen molar-refractivity contribution in [3.05, 3.63) is 35.4 Å². The predicted octanol–water partition coefficient (Wildman–Crippen LogP) is 5.40. The van der Waals surface area contributed by atoms with Gasteiger partial charge in [-0.1, -0.05) is 67.6 Å². The average molecular weight is 354 g/mol. The maximum absolute atomic E-state index is 12.6. The van der Waals surface area contributed by atoms with Crippen molar-refractivity contribution in [2.45, 2.75) is 57.7 Å². The second-order valence-electron chi connectivity index (χ2n) is 5.54. The summed E-state index contributed by atoms with van der Waals surface area (Å²) in [5.41, 5.74) is 2.02. The Bertz CT molecular complexity index is 392. The minimum atomic E-state index is 0.184. The molecule has 1 aromatic carbocycles. The number of hydrogen-bond donors (Lipinski definition) is 0. The van der Waals surface area contributed by atoms with Crippen LogP contribution in [-0.4, -0.2) is 23.9 Å². The summed E-state index contributed by atoms with van der Waals surface area (Å²) in [7, 11) is 0. The van der Waals surface area contributed by atoms with Crippen molar-refractivity contribution in [3.8, 4) is 0 Å². The molecule has 118 valence electrons. The molecule has 0 heterocycles. The van der Waals surface area contributed by atoms with Crippen molar-refractivity contribution >= 4 is 21.8 Å². The van der Waals surface area contributed by atoms with Crippen LogP contribution in [0, 0.1) is 0 Å². The highest BCUT2D eigenvalue weighted by molar-refractivity contribution is 9.08. The molecule has 0 N–H and O–H groups in total. The van der Waals surface area contributed by atoms with Crippen LogP contribution in [0.15, 0.2) is 24.3 Å². The number of amides is 1. The highest BCUT2D eigenvalue weighted by Gasteiger charge is 2.14. The Kier molecular flexibility index (Phi) is 9.40. The van der Waals surface area contributed by atoms with Gasteiger partial charge in [0.05, 0.1) is 0 Å². The molecule has 1 rings (SSSR count). The lowest BCUT2D eigenvalue weighted by Crippen LogP contribution is -2.33. The van der Waals surface area contributed by atoms with E-state index in [4.69, 9.17) is 0 Å². The third-order valence-electron chi connectivity index (χ3n) is 3.71. The van der Waals surface area contributed by atoms with Crippen LogP contribution in [0.1, 0.15) is 68.3 Å². The van der Waals surface area contributed by atoms with Crippen molar-refractivity contribution in [1.82, 2.24) is 4.90 Å². The van der Waals surface area contributed by atoms with Crippen molar-refractivity contribution in [3.63, 3.8) is 0 Å². The van der Waals surface area contributed by atoms with E-state index in [0.29, 0.717) is 0 Å². The maximum Gasteiger partial charge on any atom is 0.253 e. The number of carbonyl (C=O) groups excluding carboxylic acids is 1. The van der Waals surface area contributed by atoms with Crippen LogP contribution in [0.2, 0.25) is 0 Å². The fourth-order valence-corrected chi connectivity index (χ4v) is 2.71. The lowest BCUT2D eigenvalue weighted by atomic mass is 10.1. The van der Waals surface area contributed by atoms with E-state index in [1.165, 1.54) is 31.2 Å². The van der Waals surface area contributed by atoms with E-state index >= 15 is 0 Å². The minimum absolute atomic E-state index is 0.184. The van der Waals surface area contributed by atoms with E-state index in [1.807, 2.05) is 29.2 Å². The first-order valence-electron chi connectivity index (χ1n) is 8.17. The molecule has 0 bridgehead atoms. The molecular weight excluding hydrogens is 326 g/mol. The fraction of sp³-hybridized carbons (Fsp3) is 0.611. The standard InChI is InChI=1S/C18H28BrNO/c1-3-5-7-13-20(14-8-6-4-2)18(21)17-11-9-16(15-19)10-12-17/h9-12H,3-8,13-15H2,1-2H3. The molecule has 0 unspecified atom stereocenters. The van der Waals surface area contributed by atoms with Gasteiger partial charge in [0.25, 0.3) is 5.91 Å². The van der Waals surface area contributed by atoms with Crippen molar-refractivity contribution in [2.24, 2.45) is 0 Å². The summed E-state index contributed by atoms with van der Waals surface area (Å²) in [5, 5.41) is 0.832. The molecule has 0 radical (unpaired) electrons. The van der Waals surface area contributed by atoms with E-state index in [-0.39, 0.29) is 5.91 Å². The summed E-state index contributed by atoms with van der Waals surface area (Å²) < 4.78 is 0. The van der Waals surface area contributed by atoms with Crippen LogP contribution >= 0.6 is 15.9 Å². The smallest absolute Gasteiger partial charge is 0.253 e. The molecule has 0 atom stereocenters. The van der Waals surface area contributed by atoms with E-state index in [2.05, 4.69) is 29.8 Å². The van der Waals surface area contributed by atoms with Crippen LogP contribution in [-0.2, 0) is 5.33 Å². The molecule has 21 heavy (non-hydrogen) atoms. The van der Waals surface area contributed by atoms with Crippen molar-refractivity contribution < 1.29 is 4.79 Å². The molecule has 0 aromatic heterocycles. The molecule has 3 heteroatoms. The van der Waals surface area contributed by atoms with Gasteiger partial charge in [-0.25, -0.2) is 0 Å². The number of halogens is 1. The largest absolute Gasteiger partial charge is 0.339 e. The Morgan fingerprint density at radius 2 is 1.48 bits per heavy atom. The monoisotopic (exact) mass is 353 g/mol. The predicted molar refractivity (Wildman–Crippen MR) is 94.0 cm³/mol. The number of hydrogen-bond acceptors (Lipinski definition) is 1. The van der Waals surface area contributed by atoms with Gasteiger partial charge < -0.3 is 4.90 Å². The number of nitrogens with zero attached hydrogens (tertiary/aromatic N) is 1. The maximum atomic E-state index is 12.6. The molecule has 0 saturated heterocycles. The van der Waals surface area contributed by atoms with Crippen LogP contribution in [0.3, 0.4) is 0 Å². The van der Waals surface area contributed by atoms with Gasteiger partial charge in [0, 0.05) is 24.0 Å². The topological polar surface area (TPSA) is 20.3 Å². The molecule has 0 fully saturated rings. The first-order chi connectivity index (χ1) is 10.2. The molecule has 0 spiro atoms. The molecule has 2 nitrogen and oxygen atoms in total. The first-order valence-corrected chi connectivity index (χ1v) is 9.29. The summed E-state index contributed by atoms with van der Waals surface area (Å²) >= 11 is 3.44. The van der Waals surface area contributed by atoms with Crippen LogP contribution in [0.4, 0.5) is 0 Å². The van der Waals surface area contributed by atoms with E-state index < -0.39 is 0 Å². The summed E-state index contributed by atoms with van der Waals surface area (Å²) in [4.78, 5) is 14.7. The Labute approximate surface area is 138 Å². The van der Waals surface area contributed by atoms with Gasteiger partial charge in [0.2, 0.25) is 0 Å². The minimum Gasteiger partial charge on any atom is -0.339 e. The fourth-order valence-electron chi connectivity index (χ4n) is 2.34. The second-order valence-corrected chi connectivity index (χ2v) is 6.10. The zero-order chi connectivity index (χ0) is 15.5. The highest BCUT2D eigenvalue weighted by atomic mass is 79.9. The molecule has 0 saturated carbocycles. The number of alkyl halides is 1. The van der Waals surface area contributed by atoms with Crippen LogP contribution in [0.25, 0.3) is 0 Å². The number of unbranched alkanes of at least 4 members (excludes halogenated alkanes) is 4. The molecule has 1 amide bonds. The summed E-state index contributed by atoms with van der Waals surface area (Å²) in [5.74, 6) is 0.184. The van der Waals surface area contributed by atoms with Gasteiger partial charge in [-0.3, -0.25) is 4.79 Å². The number of benzene rings is 1. The van der Waals surface area contributed by atoms with Gasteiger partial charge in [-0.15, -0.1) is 0 Å². The highest BCUT2D eigenvalue weighted by Crippen LogP contribution is 2.12. The van der Waals surface area contributed by atoms with Gasteiger partial charge in [-0.05, 0) is 30.5 Å². The van der Waals surface area contributed by atoms with Crippen LogP contribution in [0.5, 0.6) is 0 Å². The number of carbonyl (C=O) groups is 1. The van der Waals surface area contributed by atoms with Crippen molar-refractivity contribution in [2.75, 3.05) is 13.1 Å². The Hall–Kier alpha value is -0.830.